The summed E-state index contributed by atoms with van der Waals surface area (Å²) in [5.74, 6) is 0.354. The van der Waals surface area contributed by atoms with Crippen LogP contribution in [-0.4, -0.2) is 20.0 Å². The van der Waals surface area contributed by atoms with Crippen LogP contribution in [0.1, 0.15) is 36.5 Å². The zero-order valence-electron chi connectivity index (χ0n) is 10.3. The highest BCUT2D eigenvalue weighted by atomic mass is 32.2. The van der Waals surface area contributed by atoms with Crippen LogP contribution < -0.4 is 4.72 Å². The van der Waals surface area contributed by atoms with Crippen molar-refractivity contribution in [2.75, 3.05) is 10.5 Å². The van der Waals surface area contributed by atoms with Crippen molar-refractivity contribution in [2.24, 2.45) is 5.92 Å². The number of sulfonamides is 1. The van der Waals surface area contributed by atoms with Gasteiger partial charge in [-0.15, -0.1) is 0 Å². The van der Waals surface area contributed by atoms with Gasteiger partial charge >= 0.3 is 0 Å². The fourth-order valence-corrected chi connectivity index (χ4v) is 2.94. The molecular weight excluding hydrogens is 250 g/mol. The molecule has 18 heavy (non-hydrogen) atoms. The van der Waals surface area contributed by atoms with E-state index >= 15 is 0 Å². The maximum Gasteiger partial charge on any atom is 0.232 e. The van der Waals surface area contributed by atoms with E-state index in [9.17, 15) is 13.2 Å². The summed E-state index contributed by atoms with van der Waals surface area (Å²) in [7, 11) is -3.29. The van der Waals surface area contributed by atoms with Crippen molar-refractivity contribution in [3.63, 3.8) is 0 Å². The van der Waals surface area contributed by atoms with E-state index in [0.29, 0.717) is 17.7 Å². The Kier molecular flexibility index (Phi) is 3.71. The van der Waals surface area contributed by atoms with Gasteiger partial charge in [0, 0.05) is 17.2 Å². The molecular formula is C13H17NO3S. The van der Waals surface area contributed by atoms with Gasteiger partial charge in [0.2, 0.25) is 10.0 Å². The first kappa shape index (κ1) is 13.1. The van der Waals surface area contributed by atoms with Crippen LogP contribution in [0.15, 0.2) is 24.3 Å². The molecule has 1 N–H and O–H groups in total. The Bertz CT molecular complexity index is 547. The maximum atomic E-state index is 11.9. The van der Waals surface area contributed by atoms with Crippen molar-refractivity contribution < 1.29 is 13.2 Å². The normalized spacial score (nSPS) is 15.4. The minimum absolute atomic E-state index is 0.0911. The summed E-state index contributed by atoms with van der Waals surface area (Å²) >= 11 is 0. The minimum Gasteiger partial charge on any atom is -0.294 e. The summed E-state index contributed by atoms with van der Waals surface area (Å²) in [4.78, 5) is 11.9. The lowest BCUT2D eigenvalue weighted by Crippen LogP contribution is -2.16. The fourth-order valence-electron chi connectivity index (χ4n) is 1.82. The lowest BCUT2D eigenvalue weighted by atomic mass is 10.1. The Balaban J connectivity index is 2.14. The van der Waals surface area contributed by atoms with Gasteiger partial charge in [-0.05, 0) is 31.4 Å². The van der Waals surface area contributed by atoms with Crippen molar-refractivity contribution in [2.45, 2.75) is 26.2 Å². The number of carbonyl (C=O) groups excluding carboxylic acids is 1. The number of benzene rings is 1. The molecule has 4 nitrogen and oxygen atoms in total. The van der Waals surface area contributed by atoms with E-state index in [-0.39, 0.29) is 17.5 Å². The van der Waals surface area contributed by atoms with Crippen LogP contribution in [0.25, 0.3) is 0 Å². The molecule has 1 aliphatic rings. The standard InChI is InChI=1S/C13H17NO3S/c1-2-8-18(16,17)14-12-5-3-4-11(9-12)13(15)10-6-7-10/h3-5,9-10,14H,2,6-8H2,1H3. The van der Waals surface area contributed by atoms with Crippen molar-refractivity contribution >= 4 is 21.5 Å². The van der Waals surface area contributed by atoms with Crippen LogP contribution in [0.3, 0.4) is 0 Å². The molecule has 0 heterocycles. The first-order chi connectivity index (χ1) is 8.52. The molecule has 0 aromatic heterocycles. The average Bonchev–Trinajstić information content (AvgIpc) is 3.11. The summed E-state index contributed by atoms with van der Waals surface area (Å²) in [5.41, 5.74) is 1.06. The lowest BCUT2D eigenvalue weighted by molar-refractivity contribution is 0.0967. The molecule has 1 aliphatic carbocycles. The molecule has 2 rings (SSSR count). The zero-order chi connectivity index (χ0) is 13.2. The topological polar surface area (TPSA) is 63.2 Å². The lowest BCUT2D eigenvalue weighted by Gasteiger charge is -2.08. The Labute approximate surface area is 107 Å². The fraction of sp³-hybridized carbons (Fsp3) is 0.462. The molecule has 0 unspecified atom stereocenters. The van der Waals surface area contributed by atoms with Gasteiger partial charge < -0.3 is 0 Å². The minimum atomic E-state index is -3.29. The van der Waals surface area contributed by atoms with E-state index in [1.807, 2.05) is 6.92 Å². The van der Waals surface area contributed by atoms with Gasteiger partial charge in [-0.3, -0.25) is 9.52 Å². The van der Waals surface area contributed by atoms with Gasteiger partial charge in [-0.2, -0.15) is 0 Å². The Morgan fingerprint density at radius 1 is 1.39 bits per heavy atom. The van der Waals surface area contributed by atoms with Crippen molar-refractivity contribution in [3.05, 3.63) is 29.8 Å². The second kappa shape index (κ2) is 5.10. The van der Waals surface area contributed by atoms with Gasteiger partial charge in [-0.25, -0.2) is 8.42 Å². The van der Waals surface area contributed by atoms with E-state index < -0.39 is 10.0 Å². The molecule has 98 valence electrons. The van der Waals surface area contributed by atoms with E-state index in [0.717, 1.165) is 12.8 Å². The molecule has 1 aromatic carbocycles. The summed E-state index contributed by atoms with van der Waals surface area (Å²) < 4.78 is 25.8. The molecule has 0 saturated heterocycles. The third-order valence-electron chi connectivity index (χ3n) is 2.84. The summed E-state index contributed by atoms with van der Waals surface area (Å²) in [6.07, 6.45) is 2.46. The van der Waals surface area contributed by atoms with Gasteiger partial charge in [0.05, 0.1) is 5.75 Å². The highest BCUT2D eigenvalue weighted by Gasteiger charge is 2.30. The highest BCUT2D eigenvalue weighted by molar-refractivity contribution is 7.92. The molecule has 0 spiro atoms. The van der Waals surface area contributed by atoms with Crippen molar-refractivity contribution in [1.29, 1.82) is 0 Å². The van der Waals surface area contributed by atoms with E-state index in [2.05, 4.69) is 4.72 Å². The molecule has 0 aliphatic heterocycles. The van der Waals surface area contributed by atoms with Crippen LogP contribution >= 0.6 is 0 Å². The van der Waals surface area contributed by atoms with E-state index in [1.165, 1.54) is 0 Å². The number of anilines is 1. The van der Waals surface area contributed by atoms with E-state index in [4.69, 9.17) is 0 Å². The smallest absolute Gasteiger partial charge is 0.232 e. The first-order valence-electron chi connectivity index (χ1n) is 6.16. The first-order valence-corrected chi connectivity index (χ1v) is 7.82. The Morgan fingerprint density at radius 2 is 2.11 bits per heavy atom. The van der Waals surface area contributed by atoms with Gasteiger partial charge in [-0.1, -0.05) is 19.1 Å². The van der Waals surface area contributed by atoms with Gasteiger partial charge in [0.15, 0.2) is 5.78 Å². The second-order valence-corrected chi connectivity index (χ2v) is 6.48. The Morgan fingerprint density at radius 3 is 2.72 bits per heavy atom. The number of hydrogen-bond donors (Lipinski definition) is 1. The summed E-state index contributed by atoms with van der Waals surface area (Å²) in [6.45, 7) is 1.81. The predicted octanol–water partition coefficient (Wildman–Crippen LogP) is 2.43. The van der Waals surface area contributed by atoms with Crippen LogP contribution in [0, 0.1) is 5.92 Å². The molecule has 1 fully saturated rings. The number of hydrogen-bond acceptors (Lipinski definition) is 3. The molecule has 5 heteroatoms. The number of carbonyl (C=O) groups is 1. The number of nitrogens with one attached hydrogen (secondary N) is 1. The zero-order valence-corrected chi connectivity index (χ0v) is 11.2. The third-order valence-corrected chi connectivity index (χ3v) is 4.33. The Hall–Kier alpha value is -1.36. The molecule has 0 bridgehead atoms. The van der Waals surface area contributed by atoms with Gasteiger partial charge in [0.1, 0.15) is 0 Å². The van der Waals surface area contributed by atoms with Crippen LogP contribution in [0.4, 0.5) is 5.69 Å². The molecule has 0 amide bonds. The second-order valence-electron chi connectivity index (χ2n) is 4.64. The maximum absolute atomic E-state index is 11.9. The monoisotopic (exact) mass is 267 g/mol. The van der Waals surface area contributed by atoms with Crippen LogP contribution in [-0.2, 0) is 10.0 Å². The van der Waals surface area contributed by atoms with Crippen molar-refractivity contribution in [1.82, 2.24) is 0 Å². The largest absolute Gasteiger partial charge is 0.294 e. The number of ketones is 1. The van der Waals surface area contributed by atoms with Crippen LogP contribution in [0.5, 0.6) is 0 Å². The number of rotatable bonds is 6. The molecule has 0 radical (unpaired) electrons. The van der Waals surface area contributed by atoms with Crippen LogP contribution in [0.2, 0.25) is 0 Å². The SMILES string of the molecule is CCCS(=O)(=O)Nc1cccc(C(=O)C2CC2)c1. The number of Topliss-reactive ketones (excluding diaryl/α,β-unsaturated/α-hetero) is 1. The summed E-state index contributed by atoms with van der Waals surface area (Å²) in [6, 6.07) is 6.72. The predicted molar refractivity (Wildman–Crippen MR) is 71.2 cm³/mol. The molecule has 1 aromatic rings. The summed E-state index contributed by atoms with van der Waals surface area (Å²) in [5, 5.41) is 0. The molecule has 0 atom stereocenters. The van der Waals surface area contributed by atoms with E-state index in [1.54, 1.807) is 24.3 Å². The van der Waals surface area contributed by atoms with Crippen molar-refractivity contribution in [3.8, 4) is 0 Å². The van der Waals surface area contributed by atoms with Gasteiger partial charge in [0.25, 0.3) is 0 Å². The highest BCUT2D eigenvalue weighted by Crippen LogP contribution is 2.33. The molecule has 1 saturated carbocycles. The third kappa shape index (κ3) is 3.32. The quantitative estimate of drug-likeness (QED) is 0.805. The average molecular weight is 267 g/mol.